The van der Waals surface area contributed by atoms with Crippen molar-refractivity contribution in [3.05, 3.63) is 95.6 Å². The van der Waals surface area contributed by atoms with Gasteiger partial charge >= 0.3 is 0 Å². The van der Waals surface area contributed by atoms with E-state index in [1.165, 1.54) is 16.8 Å². The van der Waals surface area contributed by atoms with Crippen molar-refractivity contribution in [3.8, 4) is 0 Å². The van der Waals surface area contributed by atoms with Crippen LogP contribution >= 0.6 is 0 Å². The Morgan fingerprint density at radius 2 is 1.34 bits per heavy atom. The summed E-state index contributed by atoms with van der Waals surface area (Å²) in [7, 11) is 0. The second-order valence-electron chi connectivity index (χ2n) is 7.04. The van der Waals surface area contributed by atoms with Crippen molar-refractivity contribution in [1.29, 1.82) is 0 Å². The van der Waals surface area contributed by atoms with Crippen LogP contribution in [0.4, 0.5) is 11.4 Å². The van der Waals surface area contributed by atoms with Crippen molar-refractivity contribution in [2.45, 2.75) is 33.7 Å². The fraction of sp³-hybridized carbons (Fsp3) is 0.269. The van der Waals surface area contributed by atoms with E-state index in [-0.39, 0.29) is 0 Å². The summed E-state index contributed by atoms with van der Waals surface area (Å²) in [5.41, 5.74) is 6.06. The van der Waals surface area contributed by atoms with Crippen molar-refractivity contribution in [2.24, 2.45) is 5.10 Å². The second kappa shape index (κ2) is 10.5. The first-order valence-electron chi connectivity index (χ1n) is 10.5. The fourth-order valence-corrected chi connectivity index (χ4v) is 3.43. The quantitative estimate of drug-likeness (QED) is 0.326. The Morgan fingerprint density at radius 3 is 2.00 bits per heavy atom. The minimum absolute atomic E-state index is 0.734. The van der Waals surface area contributed by atoms with E-state index in [1.54, 1.807) is 0 Å². The van der Waals surface area contributed by atoms with Crippen molar-refractivity contribution >= 4 is 17.6 Å². The highest BCUT2D eigenvalue weighted by Crippen LogP contribution is 2.21. The Labute approximate surface area is 175 Å². The molecule has 0 fully saturated rings. The highest BCUT2D eigenvalue weighted by atomic mass is 15.4. The molecule has 0 aromatic heterocycles. The summed E-state index contributed by atoms with van der Waals surface area (Å²) in [4.78, 5) is 2.36. The van der Waals surface area contributed by atoms with Gasteiger partial charge in [-0.2, -0.15) is 5.10 Å². The number of hydrogen-bond acceptors (Lipinski definition) is 3. The zero-order chi connectivity index (χ0) is 20.5. The van der Waals surface area contributed by atoms with Crippen LogP contribution in [-0.2, 0) is 13.0 Å². The van der Waals surface area contributed by atoms with Gasteiger partial charge in [-0.05, 0) is 49.6 Å². The van der Waals surface area contributed by atoms with Crippen LogP contribution in [0, 0.1) is 0 Å². The normalized spacial score (nSPS) is 11.0. The summed E-state index contributed by atoms with van der Waals surface area (Å²) in [5, 5.41) is 6.96. The third kappa shape index (κ3) is 5.47. The maximum Gasteiger partial charge on any atom is 0.0666 e. The second-order valence-corrected chi connectivity index (χ2v) is 7.04. The van der Waals surface area contributed by atoms with Gasteiger partial charge in [-0.15, -0.1) is 0 Å². The van der Waals surface area contributed by atoms with E-state index in [0.717, 1.165) is 37.3 Å². The number of aryl methyl sites for hydroxylation is 1. The largest absolute Gasteiger partial charge is 0.372 e. The van der Waals surface area contributed by atoms with E-state index in [9.17, 15) is 0 Å². The van der Waals surface area contributed by atoms with E-state index < -0.39 is 0 Å². The van der Waals surface area contributed by atoms with E-state index in [1.807, 2.05) is 12.3 Å². The van der Waals surface area contributed by atoms with E-state index in [0.29, 0.717) is 0 Å². The molecule has 150 valence electrons. The van der Waals surface area contributed by atoms with Crippen molar-refractivity contribution < 1.29 is 0 Å². The molecule has 3 heteroatoms. The lowest BCUT2D eigenvalue weighted by Crippen LogP contribution is -2.23. The monoisotopic (exact) mass is 385 g/mol. The van der Waals surface area contributed by atoms with Gasteiger partial charge in [0.05, 0.1) is 18.4 Å². The summed E-state index contributed by atoms with van der Waals surface area (Å²) < 4.78 is 0. The van der Waals surface area contributed by atoms with Crippen LogP contribution in [0.1, 0.15) is 37.5 Å². The molecular formula is C26H31N3. The van der Waals surface area contributed by atoms with Crippen LogP contribution in [-0.4, -0.2) is 19.3 Å². The number of hydrazone groups is 1. The SMILES string of the molecule is CCc1ccc(CN(N=Cc2ccccc2N(CC)CC)c2ccccc2)cc1. The first kappa shape index (κ1) is 20.7. The molecule has 0 aliphatic heterocycles. The molecule has 0 bridgehead atoms. The minimum Gasteiger partial charge on any atom is -0.372 e. The fourth-order valence-electron chi connectivity index (χ4n) is 3.43. The smallest absolute Gasteiger partial charge is 0.0666 e. The molecule has 0 heterocycles. The van der Waals surface area contributed by atoms with Gasteiger partial charge in [0.1, 0.15) is 0 Å². The molecule has 0 saturated heterocycles. The Kier molecular flexibility index (Phi) is 7.46. The van der Waals surface area contributed by atoms with E-state index in [4.69, 9.17) is 5.10 Å². The van der Waals surface area contributed by atoms with Crippen LogP contribution in [0.3, 0.4) is 0 Å². The van der Waals surface area contributed by atoms with Crippen molar-refractivity contribution in [1.82, 2.24) is 0 Å². The van der Waals surface area contributed by atoms with Gasteiger partial charge < -0.3 is 4.90 Å². The van der Waals surface area contributed by atoms with E-state index in [2.05, 4.69) is 103 Å². The van der Waals surface area contributed by atoms with Gasteiger partial charge in [0.15, 0.2) is 0 Å². The summed E-state index contributed by atoms with van der Waals surface area (Å²) >= 11 is 0. The van der Waals surface area contributed by atoms with Crippen LogP contribution in [0.15, 0.2) is 84.0 Å². The molecule has 0 amide bonds. The average molecular weight is 386 g/mol. The summed E-state index contributed by atoms with van der Waals surface area (Å²) in [6, 6.07) is 27.7. The molecule has 0 aliphatic carbocycles. The molecule has 0 unspecified atom stereocenters. The number of anilines is 2. The molecule has 0 saturated carbocycles. The Morgan fingerprint density at radius 1 is 0.724 bits per heavy atom. The van der Waals surface area contributed by atoms with Gasteiger partial charge in [-0.25, -0.2) is 0 Å². The molecule has 29 heavy (non-hydrogen) atoms. The van der Waals surface area contributed by atoms with Crippen molar-refractivity contribution in [2.75, 3.05) is 23.0 Å². The minimum atomic E-state index is 0.734. The highest BCUT2D eigenvalue weighted by molar-refractivity contribution is 5.88. The molecular weight excluding hydrogens is 354 g/mol. The first-order valence-corrected chi connectivity index (χ1v) is 10.5. The lowest BCUT2D eigenvalue weighted by atomic mass is 10.1. The number of nitrogens with zero attached hydrogens (tertiary/aromatic N) is 3. The summed E-state index contributed by atoms with van der Waals surface area (Å²) in [5.74, 6) is 0. The van der Waals surface area contributed by atoms with Crippen molar-refractivity contribution in [3.63, 3.8) is 0 Å². The number of rotatable bonds is 9. The predicted molar refractivity (Wildman–Crippen MR) is 126 cm³/mol. The summed E-state index contributed by atoms with van der Waals surface area (Å²) in [6.45, 7) is 9.25. The zero-order valence-electron chi connectivity index (χ0n) is 17.8. The number of benzene rings is 3. The number of hydrogen-bond donors (Lipinski definition) is 0. The van der Waals surface area contributed by atoms with Crippen LogP contribution in [0.5, 0.6) is 0 Å². The Hall–Kier alpha value is -3.07. The molecule has 0 radical (unpaired) electrons. The molecule has 0 N–H and O–H groups in total. The van der Waals surface area contributed by atoms with Crippen LogP contribution < -0.4 is 9.91 Å². The first-order chi connectivity index (χ1) is 14.2. The molecule has 3 aromatic carbocycles. The molecule has 0 atom stereocenters. The predicted octanol–water partition coefficient (Wildman–Crippen LogP) is 6.14. The van der Waals surface area contributed by atoms with Gasteiger partial charge in [0.25, 0.3) is 0 Å². The molecule has 3 rings (SSSR count). The topological polar surface area (TPSA) is 18.8 Å². The van der Waals surface area contributed by atoms with Gasteiger partial charge in [-0.1, -0.05) is 67.6 Å². The highest BCUT2D eigenvalue weighted by Gasteiger charge is 2.09. The molecule has 0 spiro atoms. The van der Waals surface area contributed by atoms with Gasteiger partial charge in [-0.3, -0.25) is 5.01 Å². The van der Waals surface area contributed by atoms with Crippen LogP contribution in [0.2, 0.25) is 0 Å². The lowest BCUT2D eigenvalue weighted by molar-refractivity contribution is 0.854. The average Bonchev–Trinajstić information content (AvgIpc) is 2.79. The molecule has 3 nitrogen and oxygen atoms in total. The standard InChI is InChI=1S/C26H31N3/c1-4-22-16-18-23(19-17-22)21-29(25-13-8-7-9-14-25)27-20-24-12-10-11-15-26(24)28(5-2)6-3/h7-20H,4-6,21H2,1-3H3. The molecule has 3 aromatic rings. The Balaban J connectivity index is 1.89. The maximum absolute atomic E-state index is 4.90. The summed E-state index contributed by atoms with van der Waals surface area (Å²) in [6.07, 6.45) is 3.05. The third-order valence-corrected chi connectivity index (χ3v) is 5.19. The van der Waals surface area contributed by atoms with Gasteiger partial charge in [0.2, 0.25) is 0 Å². The maximum atomic E-state index is 4.90. The van der Waals surface area contributed by atoms with Gasteiger partial charge in [0, 0.05) is 24.3 Å². The zero-order valence-corrected chi connectivity index (χ0v) is 17.8. The van der Waals surface area contributed by atoms with Crippen LogP contribution in [0.25, 0.3) is 0 Å². The third-order valence-electron chi connectivity index (χ3n) is 5.19. The molecule has 0 aliphatic rings. The van der Waals surface area contributed by atoms with E-state index >= 15 is 0 Å². The lowest BCUT2D eigenvalue weighted by Gasteiger charge is -2.23. The Bertz CT molecular complexity index is 897. The number of para-hydroxylation sites is 2.